The molecule has 29 heavy (non-hydrogen) atoms. The second kappa shape index (κ2) is 7.99. The fourth-order valence-corrected chi connectivity index (χ4v) is 8.78. The zero-order chi connectivity index (χ0) is 23.5. The maximum absolute atomic E-state index is 10.6. The fraction of sp³-hybridized carbons (Fsp3) is 0.929. The molecular weight excluding hydrogens is 352 g/mol. The molecule has 0 amide bonds. The molecule has 4 aliphatic rings. The van der Waals surface area contributed by atoms with Gasteiger partial charge in [0.1, 0.15) is 0 Å². The summed E-state index contributed by atoms with van der Waals surface area (Å²) in [6, 6.07) is 0. The Morgan fingerprint density at radius 3 is 2.59 bits per heavy atom. The van der Waals surface area contributed by atoms with Gasteiger partial charge in [-0.05, 0) is 91.3 Å². The van der Waals surface area contributed by atoms with E-state index < -0.39 is 18.9 Å². The van der Waals surface area contributed by atoms with Crippen molar-refractivity contribution in [2.45, 2.75) is 112 Å². The van der Waals surface area contributed by atoms with Gasteiger partial charge >= 0.3 is 0 Å². The zero-order valence-corrected chi connectivity index (χ0v) is 19.7. The van der Waals surface area contributed by atoms with E-state index in [0.717, 1.165) is 42.1 Å². The molecule has 4 rings (SSSR count). The molecule has 0 aliphatic heterocycles. The number of aliphatic hydroxyl groups excluding tert-OH is 1. The summed E-state index contributed by atoms with van der Waals surface area (Å²) >= 11 is 0. The molecule has 0 heterocycles. The molecule has 0 aromatic heterocycles. The van der Waals surface area contributed by atoms with Gasteiger partial charge in [-0.1, -0.05) is 72.4 Å². The highest BCUT2D eigenvalue weighted by Gasteiger charge is 2.59. The Hall–Kier alpha value is -0.300. The van der Waals surface area contributed by atoms with Crippen molar-refractivity contribution in [2.24, 2.45) is 52.3 Å². The molecule has 3 saturated carbocycles. The molecule has 0 saturated heterocycles. The SMILES string of the molecule is [2H]C([2H])([2H])[C@H]1C2=CC[C@H]3[C@@H]4CC[C@H]([C@H](C)CCCC(C)C)[C@@]4(C)CC[C@@H]3[C@@]2(C)CC[C@@H]1O. The number of hydrogen-bond donors (Lipinski definition) is 1. The Labute approximate surface area is 185 Å². The zero-order valence-electron chi connectivity index (χ0n) is 22.7. The van der Waals surface area contributed by atoms with Gasteiger partial charge in [-0.15, -0.1) is 0 Å². The van der Waals surface area contributed by atoms with Crippen molar-refractivity contribution in [1.82, 2.24) is 0 Å². The smallest absolute Gasteiger partial charge is 0.0603 e. The van der Waals surface area contributed by atoms with E-state index in [4.69, 9.17) is 4.11 Å². The maximum Gasteiger partial charge on any atom is 0.0603 e. The minimum Gasteiger partial charge on any atom is -0.393 e. The Morgan fingerprint density at radius 2 is 1.86 bits per heavy atom. The van der Waals surface area contributed by atoms with Gasteiger partial charge in [-0.3, -0.25) is 0 Å². The lowest BCUT2D eigenvalue weighted by Gasteiger charge is -2.59. The average molecular weight is 404 g/mol. The summed E-state index contributed by atoms with van der Waals surface area (Å²) in [5.41, 5.74) is 1.50. The van der Waals surface area contributed by atoms with Gasteiger partial charge < -0.3 is 5.11 Å². The van der Waals surface area contributed by atoms with E-state index in [1.165, 1.54) is 44.9 Å². The van der Waals surface area contributed by atoms with E-state index >= 15 is 0 Å². The van der Waals surface area contributed by atoms with Gasteiger partial charge in [-0.25, -0.2) is 0 Å². The van der Waals surface area contributed by atoms with Gasteiger partial charge in [0.15, 0.2) is 0 Å². The summed E-state index contributed by atoms with van der Waals surface area (Å²) in [6.45, 7) is 10.1. The van der Waals surface area contributed by atoms with Crippen molar-refractivity contribution < 1.29 is 9.22 Å². The van der Waals surface area contributed by atoms with Crippen molar-refractivity contribution in [3.8, 4) is 0 Å². The van der Waals surface area contributed by atoms with Crippen LogP contribution in [-0.4, -0.2) is 11.2 Å². The predicted octanol–water partition coefficient (Wildman–Crippen LogP) is 7.63. The van der Waals surface area contributed by atoms with E-state index in [0.29, 0.717) is 23.7 Å². The molecular formula is C28H48O. The molecule has 0 spiro atoms. The van der Waals surface area contributed by atoms with Crippen LogP contribution >= 0.6 is 0 Å². The molecule has 1 heteroatoms. The summed E-state index contributed by atoms with van der Waals surface area (Å²) in [6.07, 6.45) is 13.6. The third-order valence-corrected chi connectivity index (χ3v) is 10.4. The second-order valence-corrected chi connectivity index (χ2v) is 12.3. The van der Waals surface area contributed by atoms with Crippen molar-refractivity contribution in [2.75, 3.05) is 0 Å². The fourth-order valence-electron chi connectivity index (χ4n) is 8.78. The number of aliphatic hydroxyl groups is 1. The van der Waals surface area contributed by atoms with Crippen LogP contribution in [-0.2, 0) is 0 Å². The van der Waals surface area contributed by atoms with Crippen LogP contribution < -0.4 is 0 Å². The Morgan fingerprint density at radius 1 is 1.07 bits per heavy atom. The van der Waals surface area contributed by atoms with E-state index in [2.05, 4.69) is 40.7 Å². The molecule has 1 nitrogen and oxygen atoms in total. The summed E-state index contributed by atoms with van der Waals surface area (Å²) in [4.78, 5) is 0. The summed E-state index contributed by atoms with van der Waals surface area (Å²) in [5.74, 6) is 3.88. The van der Waals surface area contributed by atoms with Crippen molar-refractivity contribution in [3.63, 3.8) is 0 Å². The van der Waals surface area contributed by atoms with Gasteiger partial charge in [0, 0.05) is 10.0 Å². The normalized spacial score (nSPS) is 49.9. The van der Waals surface area contributed by atoms with Crippen LogP contribution in [0.2, 0.25) is 0 Å². The van der Waals surface area contributed by atoms with Crippen LogP contribution in [0.4, 0.5) is 0 Å². The molecule has 4 aliphatic carbocycles. The standard InChI is InChI=1S/C28H48O/c1-18(2)8-7-9-19(3)22-12-13-24-21-10-11-23-20(4)26(29)15-17-28(23,6)25(21)14-16-27(22,24)5/h11,18-22,24-26,29H,7-10,12-17H2,1-6H3/t19-,20+,21+,22-,24+,25+,26+,27-,28+/m1/s1/i4D3. The molecule has 0 aromatic carbocycles. The van der Waals surface area contributed by atoms with Crippen LogP contribution in [0.5, 0.6) is 0 Å². The summed E-state index contributed by atoms with van der Waals surface area (Å²) in [7, 11) is 0. The van der Waals surface area contributed by atoms with Crippen LogP contribution in [0.25, 0.3) is 0 Å². The average Bonchev–Trinajstić information content (AvgIpc) is 3.04. The predicted molar refractivity (Wildman–Crippen MR) is 124 cm³/mol. The minimum atomic E-state index is -2.10. The van der Waals surface area contributed by atoms with Crippen LogP contribution in [0, 0.1) is 52.3 Å². The monoisotopic (exact) mass is 403 g/mol. The Balaban J connectivity index is 1.55. The van der Waals surface area contributed by atoms with E-state index in [9.17, 15) is 5.11 Å². The van der Waals surface area contributed by atoms with Crippen molar-refractivity contribution in [1.29, 1.82) is 0 Å². The number of hydrogen-bond acceptors (Lipinski definition) is 1. The third-order valence-electron chi connectivity index (χ3n) is 10.4. The van der Waals surface area contributed by atoms with Gasteiger partial charge in [0.2, 0.25) is 0 Å². The van der Waals surface area contributed by atoms with Crippen LogP contribution in [0.3, 0.4) is 0 Å². The number of fused-ring (bicyclic) bond motifs is 5. The first-order chi connectivity index (χ1) is 14.9. The first kappa shape index (κ1) is 18.3. The lowest BCUT2D eigenvalue weighted by molar-refractivity contribution is -0.0644. The Bertz CT molecular complexity index is 712. The molecule has 0 radical (unpaired) electrons. The number of allylic oxidation sites excluding steroid dienone is 1. The highest BCUT2D eigenvalue weighted by molar-refractivity contribution is 5.27. The first-order valence-corrected chi connectivity index (χ1v) is 12.8. The molecule has 0 unspecified atom stereocenters. The highest BCUT2D eigenvalue weighted by Crippen LogP contribution is 2.67. The van der Waals surface area contributed by atoms with E-state index in [1.807, 2.05) is 0 Å². The van der Waals surface area contributed by atoms with Crippen LogP contribution in [0.15, 0.2) is 11.6 Å². The summed E-state index contributed by atoms with van der Waals surface area (Å²) < 4.78 is 24.4. The highest BCUT2D eigenvalue weighted by atomic mass is 16.3. The first-order valence-electron chi connectivity index (χ1n) is 14.3. The topological polar surface area (TPSA) is 20.2 Å². The minimum absolute atomic E-state index is 0.0382. The third kappa shape index (κ3) is 3.56. The maximum atomic E-state index is 10.6. The summed E-state index contributed by atoms with van der Waals surface area (Å²) in [5, 5.41) is 10.6. The van der Waals surface area contributed by atoms with E-state index in [-0.39, 0.29) is 5.41 Å². The van der Waals surface area contributed by atoms with Crippen molar-refractivity contribution >= 4 is 0 Å². The van der Waals surface area contributed by atoms with Gasteiger partial charge in [0.05, 0.1) is 6.10 Å². The molecule has 1 N–H and O–H groups in total. The molecule has 9 atom stereocenters. The Kier molecular flexibility index (Phi) is 5.04. The largest absolute Gasteiger partial charge is 0.393 e. The molecule has 166 valence electrons. The van der Waals surface area contributed by atoms with Gasteiger partial charge in [-0.2, -0.15) is 0 Å². The van der Waals surface area contributed by atoms with Gasteiger partial charge in [0.25, 0.3) is 0 Å². The van der Waals surface area contributed by atoms with Crippen molar-refractivity contribution in [3.05, 3.63) is 11.6 Å². The van der Waals surface area contributed by atoms with E-state index in [1.54, 1.807) is 0 Å². The molecule has 0 bridgehead atoms. The lowest BCUT2D eigenvalue weighted by atomic mass is 9.46. The van der Waals surface area contributed by atoms with Crippen LogP contribution in [0.1, 0.15) is 110 Å². The molecule has 0 aromatic rings. The second-order valence-electron chi connectivity index (χ2n) is 12.3. The lowest BCUT2D eigenvalue weighted by Crippen LogP contribution is -2.52. The quantitative estimate of drug-likeness (QED) is 0.468. The molecule has 3 fully saturated rings. The number of rotatable bonds is 5.